The van der Waals surface area contributed by atoms with Gasteiger partial charge in [0.05, 0.1) is 6.10 Å². The van der Waals surface area contributed by atoms with Gasteiger partial charge in [0.1, 0.15) is 0 Å². The summed E-state index contributed by atoms with van der Waals surface area (Å²) in [6.07, 6.45) is 18.4. The van der Waals surface area contributed by atoms with E-state index in [1.54, 1.807) is 6.07 Å². The average molecular weight is 477 g/mol. The summed E-state index contributed by atoms with van der Waals surface area (Å²) >= 11 is 0. The summed E-state index contributed by atoms with van der Waals surface area (Å²) in [6, 6.07) is 12.9. The van der Waals surface area contributed by atoms with Crippen molar-refractivity contribution in [3.05, 3.63) is 53.3 Å². The molecular weight excluding hydrogens is 431 g/mol. The third kappa shape index (κ3) is 5.78. The monoisotopic (exact) mass is 476 g/mol. The third-order valence-electron chi connectivity index (χ3n) is 9.49. The van der Waals surface area contributed by atoms with Crippen LogP contribution in [0.5, 0.6) is 5.75 Å². The van der Waals surface area contributed by atoms with Crippen molar-refractivity contribution >= 4 is 0 Å². The third-order valence-corrected chi connectivity index (χ3v) is 9.49. The van der Waals surface area contributed by atoms with Crippen molar-refractivity contribution in [3.8, 4) is 16.9 Å². The molecule has 2 saturated carbocycles. The van der Waals surface area contributed by atoms with E-state index in [1.807, 2.05) is 0 Å². The van der Waals surface area contributed by atoms with Gasteiger partial charge in [0.2, 0.25) is 0 Å². The van der Waals surface area contributed by atoms with Crippen LogP contribution in [-0.2, 0) is 6.42 Å². The molecule has 2 aromatic rings. The predicted molar refractivity (Wildman–Crippen MR) is 145 cm³/mol. The smallest absolute Gasteiger partial charge is 0.165 e. The Morgan fingerprint density at radius 2 is 1.40 bits per heavy atom. The molecule has 0 radical (unpaired) electrons. The van der Waals surface area contributed by atoms with Crippen LogP contribution in [0.1, 0.15) is 114 Å². The van der Waals surface area contributed by atoms with Crippen LogP contribution in [0.3, 0.4) is 0 Å². The van der Waals surface area contributed by atoms with Crippen molar-refractivity contribution in [1.82, 2.24) is 0 Å². The molecule has 2 heteroatoms. The Balaban J connectivity index is 1.18. The molecule has 1 atom stereocenters. The van der Waals surface area contributed by atoms with Gasteiger partial charge in [-0.15, -0.1) is 0 Å². The standard InChI is InChI=1S/C33H45FO/c1-3-5-23-7-9-24(10-8-23)25-11-13-26(14-12-25)27-15-17-28(18-16-27)30-21-29-19-20-31(6-4-2)35-33(29)32(34)22-30/h15-18,21-26,31H,3-14,19-20H2,1-2H3. The van der Waals surface area contributed by atoms with E-state index in [-0.39, 0.29) is 11.9 Å². The summed E-state index contributed by atoms with van der Waals surface area (Å²) in [5, 5.41) is 0. The Hall–Kier alpha value is -1.83. The Labute approximate surface area is 212 Å². The summed E-state index contributed by atoms with van der Waals surface area (Å²) in [5.41, 5.74) is 4.60. The number of fused-ring (bicyclic) bond motifs is 1. The topological polar surface area (TPSA) is 9.23 Å². The quantitative estimate of drug-likeness (QED) is 0.386. The Morgan fingerprint density at radius 1 is 0.743 bits per heavy atom. The van der Waals surface area contributed by atoms with Crippen LogP contribution in [0, 0.1) is 23.6 Å². The lowest BCUT2D eigenvalue weighted by Gasteiger charge is -2.38. The van der Waals surface area contributed by atoms with Gasteiger partial charge in [0.25, 0.3) is 0 Å². The molecule has 0 spiro atoms. The molecule has 3 aliphatic rings. The van der Waals surface area contributed by atoms with E-state index in [1.165, 1.54) is 69.8 Å². The number of hydrogen-bond donors (Lipinski definition) is 0. The first kappa shape index (κ1) is 24.8. The zero-order valence-electron chi connectivity index (χ0n) is 22.0. The second-order valence-corrected chi connectivity index (χ2v) is 11.8. The molecule has 0 saturated heterocycles. The fraction of sp³-hybridized carbons (Fsp3) is 0.636. The molecule has 1 aliphatic heterocycles. The van der Waals surface area contributed by atoms with Crippen LogP contribution in [0.15, 0.2) is 36.4 Å². The zero-order valence-corrected chi connectivity index (χ0v) is 22.0. The van der Waals surface area contributed by atoms with Crippen molar-refractivity contribution in [3.63, 3.8) is 0 Å². The molecule has 1 nitrogen and oxygen atoms in total. The maximum atomic E-state index is 14.9. The van der Waals surface area contributed by atoms with Crippen LogP contribution in [0.4, 0.5) is 4.39 Å². The van der Waals surface area contributed by atoms with Crippen LogP contribution >= 0.6 is 0 Å². The summed E-state index contributed by atoms with van der Waals surface area (Å²) in [4.78, 5) is 0. The molecule has 0 N–H and O–H groups in total. The first-order valence-electron chi connectivity index (χ1n) is 14.7. The highest BCUT2D eigenvalue weighted by Crippen LogP contribution is 2.45. The molecule has 1 unspecified atom stereocenters. The Morgan fingerprint density at radius 3 is 2.06 bits per heavy atom. The van der Waals surface area contributed by atoms with Gasteiger partial charge in [0, 0.05) is 0 Å². The molecule has 2 aromatic carbocycles. The summed E-state index contributed by atoms with van der Waals surface area (Å²) in [5.74, 6) is 3.95. The van der Waals surface area contributed by atoms with Crippen molar-refractivity contribution in [2.24, 2.45) is 17.8 Å². The maximum Gasteiger partial charge on any atom is 0.165 e. The maximum absolute atomic E-state index is 14.9. The second kappa shape index (κ2) is 11.5. The Kier molecular flexibility index (Phi) is 8.15. The lowest BCUT2D eigenvalue weighted by atomic mass is 9.68. The van der Waals surface area contributed by atoms with E-state index in [2.05, 4.69) is 44.2 Å². The van der Waals surface area contributed by atoms with Gasteiger partial charge in [0.15, 0.2) is 11.6 Å². The Bertz CT molecular complexity index is 948. The molecule has 5 rings (SSSR count). The minimum absolute atomic E-state index is 0.165. The van der Waals surface area contributed by atoms with Crippen LogP contribution < -0.4 is 4.74 Å². The number of rotatable bonds is 7. The molecule has 2 aliphatic carbocycles. The first-order valence-corrected chi connectivity index (χ1v) is 14.7. The molecule has 0 aromatic heterocycles. The van der Waals surface area contributed by atoms with Crippen molar-refractivity contribution < 1.29 is 9.13 Å². The van der Waals surface area contributed by atoms with Gasteiger partial charge in [-0.25, -0.2) is 4.39 Å². The number of benzene rings is 2. The van der Waals surface area contributed by atoms with E-state index >= 15 is 0 Å². The number of aryl methyl sites for hydroxylation is 1. The molecule has 190 valence electrons. The molecular formula is C33H45FO. The highest BCUT2D eigenvalue weighted by atomic mass is 19.1. The highest BCUT2D eigenvalue weighted by molar-refractivity contribution is 5.66. The summed E-state index contributed by atoms with van der Waals surface area (Å²) < 4.78 is 20.9. The van der Waals surface area contributed by atoms with Crippen molar-refractivity contribution in [1.29, 1.82) is 0 Å². The lowest BCUT2D eigenvalue weighted by molar-refractivity contribution is 0.155. The molecule has 0 bridgehead atoms. The first-order chi connectivity index (χ1) is 17.1. The molecule has 35 heavy (non-hydrogen) atoms. The zero-order chi connectivity index (χ0) is 24.2. The molecule has 2 fully saturated rings. The minimum Gasteiger partial charge on any atom is -0.487 e. The predicted octanol–water partition coefficient (Wildman–Crippen LogP) is 9.87. The fourth-order valence-electron chi connectivity index (χ4n) is 7.43. The second-order valence-electron chi connectivity index (χ2n) is 11.8. The van der Waals surface area contributed by atoms with Crippen molar-refractivity contribution in [2.45, 2.75) is 116 Å². The van der Waals surface area contributed by atoms with E-state index in [4.69, 9.17) is 4.74 Å². The normalized spacial score (nSPS) is 28.8. The lowest BCUT2D eigenvalue weighted by Crippen LogP contribution is -2.25. The van der Waals surface area contributed by atoms with Gasteiger partial charge in [-0.1, -0.05) is 70.2 Å². The van der Waals surface area contributed by atoms with Gasteiger partial charge in [-0.2, -0.15) is 0 Å². The van der Waals surface area contributed by atoms with Crippen LogP contribution in [0.2, 0.25) is 0 Å². The number of halogens is 1. The fourth-order valence-corrected chi connectivity index (χ4v) is 7.43. The average Bonchev–Trinajstić information content (AvgIpc) is 2.90. The van der Waals surface area contributed by atoms with Gasteiger partial charge in [-0.05, 0) is 116 Å². The SMILES string of the molecule is CCCC1CCC(C2CCC(c3ccc(-c4cc(F)c5c(c4)CCC(CCC)O5)cc3)CC2)CC1. The summed E-state index contributed by atoms with van der Waals surface area (Å²) in [6.45, 7) is 4.50. The van der Waals surface area contributed by atoms with Crippen molar-refractivity contribution in [2.75, 3.05) is 0 Å². The van der Waals surface area contributed by atoms with E-state index < -0.39 is 0 Å². The number of ether oxygens (including phenoxy) is 1. The summed E-state index contributed by atoms with van der Waals surface area (Å²) in [7, 11) is 0. The van der Waals surface area contributed by atoms with Crippen LogP contribution in [-0.4, -0.2) is 6.10 Å². The highest BCUT2D eigenvalue weighted by Gasteiger charge is 2.31. The van der Waals surface area contributed by atoms with Gasteiger partial charge < -0.3 is 4.74 Å². The number of hydrogen-bond acceptors (Lipinski definition) is 1. The minimum atomic E-state index is -0.204. The van der Waals surface area contributed by atoms with E-state index in [0.717, 1.165) is 60.1 Å². The van der Waals surface area contributed by atoms with E-state index in [9.17, 15) is 4.39 Å². The van der Waals surface area contributed by atoms with Gasteiger partial charge >= 0.3 is 0 Å². The molecule has 1 heterocycles. The van der Waals surface area contributed by atoms with Crippen LogP contribution in [0.25, 0.3) is 11.1 Å². The largest absolute Gasteiger partial charge is 0.487 e. The van der Waals surface area contributed by atoms with E-state index in [0.29, 0.717) is 11.7 Å². The van der Waals surface area contributed by atoms with Gasteiger partial charge in [-0.3, -0.25) is 0 Å². The molecule has 0 amide bonds.